The minimum absolute atomic E-state index is 0.00198. The van der Waals surface area contributed by atoms with Gasteiger partial charge in [-0.3, -0.25) is 9.36 Å². The minimum atomic E-state index is -0.00198. The Morgan fingerprint density at radius 1 is 0.912 bits per heavy atom. The molecule has 4 rings (SSSR count). The van der Waals surface area contributed by atoms with Crippen LogP contribution >= 0.6 is 11.6 Å². The zero-order valence-corrected chi connectivity index (χ0v) is 20.3. The summed E-state index contributed by atoms with van der Waals surface area (Å²) in [6.45, 7) is 3.25. The lowest BCUT2D eigenvalue weighted by Gasteiger charge is -2.14. The average Bonchev–Trinajstić information content (AvgIpc) is 2.86. The molecular formula is C28H29ClN2O3. The molecule has 0 spiro atoms. The highest BCUT2D eigenvalue weighted by Crippen LogP contribution is 2.23. The van der Waals surface area contributed by atoms with Crippen LogP contribution in [-0.4, -0.2) is 23.3 Å². The molecular weight excluding hydrogens is 448 g/mol. The number of nitrogens with zero attached hydrogens (tertiary/aromatic N) is 2. The summed E-state index contributed by atoms with van der Waals surface area (Å²) in [6, 6.07) is 20.9. The second-order valence-electron chi connectivity index (χ2n) is 8.31. The van der Waals surface area contributed by atoms with Crippen molar-refractivity contribution in [3.63, 3.8) is 0 Å². The first-order valence-electron chi connectivity index (χ1n) is 11.6. The summed E-state index contributed by atoms with van der Waals surface area (Å²) in [5.74, 6) is 2.31. The Hall–Kier alpha value is -3.31. The molecule has 34 heavy (non-hydrogen) atoms. The number of hydrogen-bond donors (Lipinski definition) is 0. The van der Waals surface area contributed by atoms with E-state index in [0.717, 1.165) is 53.3 Å². The van der Waals surface area contributed by atoms with E-state index in [2.05, 4.69) is 0 Å². The molecule has 0 amide bonds. The monoisotopic (exact) mass is 476 g/mol. The third-order valence-corrected chi connectivity index (χ3v) is 6.31. The van der Waals surface area contributed by atoms with Gasteiger partial charge >= 0.3 is 0 Å². The number of fused-ring (bicyclic) bond motifs is 1. The molecule has 4 aromatic rings. The van der Waals surface area contributed by atoms with E-state index in [9.17, 15) is 4.79 Å². The molecule has 3 aromatic carbocycles. The van der Waals surface area contributed by atoms with Crippen molar-refractivity contribution in [2.75, 3.05) is 13.7 Å². The lowest BCUT2D eigenvalue weighted by Crippen LogP contribution is -2.23. The van der Waals surface area contributed by atoms with Crippen molar-refractivity contribution in [1.29, 1.82) is 0 Å². The van der Waals surface area contributed by atoms with Crippen molar-refractivity contribution in [2.45, 2.75) is 39.2 Å². The van der Waals surface area contributed by atoms with Crippen LogP contribution < -0.4 is 15.0 Å². The summed E-state index contributed by atoms with van der Waals surface area (Å²) in [7, 11) is 1.64. The van der Waals surface area contributed by atoms with Crippen LogP contribution in [0.15, 0.2) is 71.5 Å². The number of para-hydroxylation sites is 1. The molecule has 1 heterocycles. The summed E-state index contributed by atoms with van der Waals surface area (Å²) in [5.41, 5.74) is 2.62. The van der Waals surface area contributed by atoms with Gasteiger partial charge in [-0.2, -0.15) is 0 Å². The van der Waals surface area contributed by atoms with Crippen LogP contribution in [0, 0.1) is 6.92 Å². The molecule has 0 aliphatic rings. The van der Waals surface area contributed by atoms with E-state index < -0.39 is 0 Å². The minimum Gasteiger partial charge on any atom is -0.497 e. The van der Waals surface area contributed by atoms with Gasteiger partial charge in [0.1, 0.15) is 17.3 Å². The van der Waals surface area contributed by atoms with E-state index in [4.69, 9.17) is 26.1 Å². The standard InChI is InChI=1S/C28H29ClN2O3/c1-20-19-23(15-16-25(20)29)34-18-8-4-3-7-17-31-27(21-11-13-22(33-2)14-12-21)30-26-10-6-5-9-24(26)28(31)32/h5-6,9-16,19H,3-4,7-8,17-18H2,1-2H3. The molecule has 0 N–H and O–H groups in total. The van der Waals surface area contributed by atoms with Crippen LogP contribution in [-0.2, 0) is 6.54 Å². The number of rotatable bonds is 10. The van der Waals surface area contributed by atoms with Gasteiger partial charge in [-0.05, 0) is 79.9 Å². The van der Waals surface area contributed by atoms with Gasteiger partial charge in [-0.15, -0.1) is 0 Å². The number of benzene rings is 3. The quantitative estimate of drug-likeness (QED) is 0.240. The Kier molecular flexibility index (Phi) is 7.86. The zero-order valence-electron chi connectivity index (χ0n) is 19.6. The number of aryl methyl sites for hydroxylation is 1. The topological polar surface area (TPSA) is 53.3 Å². The molecule has 0 aliphatic heterocycles. The highest BCUT2D eigenvalue weighted by Gasteiger charge is 2.12. The number of unbranched alkanes of at least 4 members (excludes halogenated alkanes) is 3. The summed E-state index contributed by atoms with van der Waals surface area (Å²) in [6.07, 6.45) is 3.88. The summed E-state index contributed by atoms with van der Waals surface area (Å²) < 4.78 is 12.9. The van der Waals surface area contributed by atoms with Crippen molar-refractivity contribution in [3.05, 3.63) is 87.7 Å². The lowest BCUT2D eigenvalue weighted by atomic mass is 10.1. The highest BCUT2D eigenvalue weighted by molar-refractivity contribution is 6.31. The predicted molar refractivity (Wildman–Crippen MR) is 138 cm³/mol. The molecule has 0 bridgehead atoms. The average molecular weight is 477 g/mol. The summed E-state index contributed by atoms with van der Waals surface area (Å²) >= 11 is 6.07. The molecule has 6 heteroatoms. The third kappa shape index (κ3) is 5.60. The van der Waals surface area contributed by atoms with Crippen molar-refractivity contribution in [2.24, 2.45) is 0 Å². The fraction of sp³-hybridized carbons (Fsp3) is 0.286. The number of aromatic nitrogens is 2. The van der Waals surface area contributed by atoms with E-state index in [0.29, 0.717) is 29.9 Å². The van der Waals surface area contributed by atoms with E-state index in [-0.39, 0.29) is 5.56 Å². The number of methoxy groups -OCH3 is 1. The maximum atomic E-state index is 13.3. The van der Waals surface area contributed by atoms with Crippen molar-refractivity contribution >= 4 is 22.5 Å². The van der Waals surface area contributed by atoms with Crippen LogP contribution in [0.25, 0.3) is 22.3 Å². The summed E-state index contributed by atoms with van der Waals surface area (Å²) in [5, 5.41) is 1.39. The predicted octanol–water partition coefficient (Wildman–Crippen LogP) is 6.67. The largest absolute Gasteiger partial charge is 0.497 e. The first kappa shape index (κ1) is 23.8. The molecule has 0 saturated heterocycles. The van der Waals surface area contributed by atoms with Crippen molar-refractivity contribution < 1.29 is 9.47 Å². The molecule has 0 unspecified atom stereocenters. The Labute approximate surface area is 204 Å². The number of ether oxygens (including phenoxy) is 2. The van der Waals surface area contributed by atoms with Gasteiger partial charge in [-0.1, -0.05) is 36.6 Å². The van der Waals surface area contributed by atoms with E-state index in [1.807, 2.05) is 73.7 Å². The second-order valence-corrected chi connectivity index (χ2v) is 8.72. The number of hydrogen-bond acceptors (Lipinski definition) is 4. The molecule has 0 fully saturated rings. The molecule has 1 aromatic heterocycles. The maximum Gasteiger partial charge on any atom is 0.261 e. The van der Waals surface area contributed by atoms with E-state index in [1.54, 1.807) is 11.7 Å². The SMILES string of the molecule is COc1ccc(-c2nc3ccccc3c(=O)n2CCCCCCOc2ccc(Cl)c(C)c2)cc1. The molecule has 0 saturated carbocycles. The summed E-state index contributed by atoms with van der Waals surface area (Å²) in [4.78, 5) is 18.1. The second kappa shape index (κ2) is 11.2. The van der Waals surface area contributed by atoms with Crippen LogP contribution in [0.5, 0.6) is 11.5 Å². The first-order valence-corrected chi connectivity index (χ1v) is 12.0. The van der Waals surface area contributed by atoms with Gasteiger partial charge < -0.3 is 9.47 Å². The highest BCUT2D eigenvalue weighted by atomic mass is 35.5. The fourth-order valence-electron chi connectivity index (χ4n) is 3.96. The van der Waals surface area contributed by atoms with Crippen molar-refractivity contribution in [1.82, 2.24) is 9.55 Å². The maximum absolute atomic E-state index is 13.3. The van der Waals surface area contributed by atoms with E-state index >= 15 is 0 Å². The third-order valence-electron chi connectivity index (χ3n) is 5.88. The Morgan fingerprint density at radius 2 is 1.65 bits per heavy atom. The Bertz CT molecular complexity index is 1320. The Balaban J connectivity index is 1.40. The fourth-order valence-corrected chi connectivity index (χ4v) is 4.08. The van der Waals surface area contributed by atoms with Gasteiger partial charge in [0.25, 0.3) is 5.56 Å². The zero-order chi connectivity index (χ0) is 23.9. The smallest absolute Gasteiger partial charge is 0.261 e. The molecule has 0 atom stereocenters. The van der Waals surface area contributed by atoms with Gasteiger partial charge in [0, 0.05) is 17.1 Å². The van der Waals surface area contributed by atoms with Gasteiger partial charge in [0.05, 0.1) is 24.6 Å². The number of halogens is 1. The van der Waals surface area contributed by atoms with Gasteiger partial charge in [0.15, 0.2) is 0 Å². The van der Waals surface area contributed by atoms with Crippen molar-refractivity contribution in [3.8, 4) is 22.9 Å². The first-order chi connectivity index (χ1) is 16.6. The lowest BCUT2D eigenvalue weighted by molar-refractivity contribution is 0.304. The van der Waals surface area contributed by atoms with Crippen LogP contribution in [0.1, 0.15) is 31.2 Å². The normalized spacial score (nSPS) is 11.0. The Morgan fingerprint density at radius 3 is 2.41 bits per heavy atom. The van der Waals surface area contributed by atoms with Crippen LogP contribution in [0.3, 0.4) is 0 Å². The van der Waals surface area contributed by atoms with Gasteiger partial charge in [-0.25, -0.2) is 4.98 Å². The molecule has 176 valence electrons. The van der Waals surface area contributed by atoms with Crippen LogP contribution in [0.2, 0.25) is 5.02 Å². The molecule has 5 nitrogen and oxygen atoms in total. The molecule has 0 radical (unpaired) electrons. The molecule has 0 aliphatic carbocycles. The van der Waals surface area contributed by atoms with Gasteiger partial charge in [0.2, 0.25) is 0 Å². The van der Waals surface area contributed by atoms with Crippen LogP contribution in [0.4, 0.5) is 0 Å². The van der Waals surface area contributed by atoms with E-state index in [1.165, 1.54) is 0 Å².